The lowest BCUT2D eigenvalue weighted by molar-refractivity contribution is -0.267. The molecule has 1 aliphatic heterocycles. The molecule has 3 heterocycles. The van der Waals surface area contributed by atoms with E-state index in [0.717, 1.165) is 11.3 Å². The van der Waals surface area contributed by atoms with Crippen molar-refractivity contribution in [2.75, 3.05) is 19.8 Å². The van der Waals surface area contributed by atoms with Crippen LogP contribution in [0.1, 0.15) is 28.5 Å². The van der Waals surface area contributed by atoms with Crippen LogP contribution in [0.5, 0.6) is 0 Å². The molecule has 0 radical (unpaired) electrons. The molecule has 2 unspecified atom stereocenters. The highest BCUT2D eigenvalue weighted by atomic mass is 32.1. The Morgan fingerprint density at radius 2 is 2.21 bits per heavy atom. The number of hydrogen-bond acceptors (Lipinski definition) is 8. The van der Waals surface area contributed by atoms with Crippen LogP contribution in [0.15, 0.2) is 9.90 Å². The summed E-state index contributed by atoms with van der Waals surface area (Å²) in [6, 6.07) is -0.350. The zero-order chi connectivity index (χ0) is 17.4. The summed E-state index contributed by atoms with van der Waals surface area (Å²) in [7, 11) is 0. The molecular weight excluding hydrogens is 349 g/mol. The topological polar surface area (TPSA) is 93.3 Å². The summed E-state index contributed by atoms with van der Waals surface area (Å²) in [4.78, 5) is 7.73. The first-order chi connectivity index (χ1) is 11.3. The van der Waals surface area contributed by atoms with E-state index < -0.39 is 23.2 Å². The van der Waals surface area contributed by atoms with Gasteiger partial charge in [-0.2, -0.15) is 18.2 Å². The SMILES string of the molecule is Cc1csc(C(O)(Cc2nc(C3COCCN3)no2)C(F)(F)F)n1. The number of ether oxygens (including phenoxy) is 1. The van der Waals surface area contributed by atoms with Gasteiger partial charge in [0.2, 0.25) is 11.5 Å². The molecule has 132 valence electrons. The summed E-state index contributed by atoms with van der Waals surface area (Å²) in [6.45, 7) is 2.97. The van der Waals surface area contributed by atoms with Crippen molar-refractivity contribution in [3.63, 3.8) is 0 Å². The average Bonchev–Trinajstić information content (AvgIpc) is 3.16. The highest BCUT2D eigenvalue weighted by Gasteiger charge is 2.58. The van der Waals surface area contributed by atoms with Gasteiger partial charge in [-0.15, -0.1) is 11.3 Å². The van der Waals surface area contributed by atoms with Crippen molar-refractivity contribution >= 4 is 11.3 Å². The molecule has 1 aliphatic rings. The minimum atomic E-state index is -4.93. The number of halogens is 3. The molecule has 2 aromatic rings. The zero-order valence-corrected chi connectivity index (χ0v) is 13.4. The highest BCUT2D eigenvalue weighted by molar-refractivity contribution is 7.09. The Hall–Kier alpha value is -1.56. The number of aliphatic hydroxyl groups is 1. The molecule has 0 amide bonds. The van der Waals surface area contributed by atoms with Crippen LogP contribution in [0, 0.1) is 6.92 Å². The minimum absolute atomic E-state index is 0.199. The van der Waals surface area contributed by atoms with Crippen LogP contribution >= 0.6 is 11.3 Å². The number of nitrogens with one attached hydrogen (secondary N) is 1. The first-order valence-electron chi connectivity index (χ1n) is 7.15. The van der Waals surface area contributed by atoms with Gasteiger partial charge in [-0.1, -0.05) is 5.16 Å². The fourth-order valence-corrected chi connectivity index (χ4v) is 3.19. The van der Waals surface area contributed by atoms with E-state index in [2.05, 4.69) is 20.4 Å². The molecule has 7 nitrogen and oxygen atoms in total. The third kappa shape index (κ3) is 3.29. The smallest absolute Gasteiger partial charge is 0.378 e. The second kappa shape index (κ2) is 6.39. The van der Waals surface area contributed by atoms with Gasteiger partial charge in [0.15, 0.2) is 5.82 Å². The molecule has 24 heavy (non-hydrogen) atoms. The number of hydrogen-bond donors (Lipinski definition) is 2. The number of alkyl halides is 3. The number of nitrogens with zero attached hydrogens (tertiary/aromatic N) is 3. The van der Waals surface area contributed by atoms with Gasteiger partial charge in [0.1, 0.15) is 5.01 Å². The first-order valence-corrected chi connectivity index (χ1v) is 8.03. The van der Waals surface area contributed by atoms with E-state index in [9.17, 15) is 18.3 Å². The van der Waals surface area contributed by atoms with Gasteiger partial charge in [0.05, 0.1) is 25.7 Å². The molecule has 0 aromatic carbocycles. The third-order valence-corrected chi connectivity index (χ3v) is 4.68. The van der Waals surface area contributed by atoms with Crippen molar-refractivity contribution in [1.29, 1.82) is 0 Å². The molecule has 1 saturated heterocycles. The van der Waals surface area contributed by atoms with Crippen LogP contribution in [-0.4, -0.2) is 46.2 Å². The summed E-state index contributed by atoms with van der Waals surface area (Å²) >= 11 is 0.734. The Labute approximate surface area is 138 Å². The third-order valence-electron chi connectivity index (χ3n) is 3.57. The van der Waals surface area contributed by atoms with Crippen LogP contribution in [0.25, 0.3) is 0 Å². The maximum atomic E-state index is 13.4. The van der Waals surface area contributed by atoms with Crippen molar-refractivity contribution in [1.82, 2.24) is 20.4 Å². The Morgan fingerprint density at radius 1 is 1.42 bits per heavy atom. The van der Waals surface area contributed by atoms with Gasteiger partial charge < -0.3 is 19.7 Å². The minimum Gasteiger partial charge on any atom is -0.378 e. The predicted octanol–water partition coefficient (Wildman–Crippen LogP) is 1.49. The monoisotopic (exact) mass is 364 g/mol. The molecule has 2 atom stereocenters. The normalized spacial score (nSPS) is 21.6. The lowest BCUT2D eigenvalue weighted by Gasteiger charge is -2.27. The Balaban J connectivity index is 1.84. The largest absolute Gasteiger partial charge is 0.424 e. The Morgan fingerprint density at radius 3 is 2.79 bits per heavy atom. The van der Waals surface area contributed by atoms with Crippen molar-refractivity contribution < 1.29 is 27.5 Å². The number of aromatic nitrogens is 3. The van der Waals surface area contributed by atoms with E-state index in [-0.39, 0.29) is 17.8 Å². The van der Waals surface area contributed by atoms with Crippen LogP contribution in [0.3, 0.4) is 0 Å². The first kappa shape index (κ1) is 17.3. The molecular formula is C13H15F3N4O3S. The number of morpholine rings is 1. The summed E-state index contributed by atoms with van der Waals surface area (Å²) < 4.78 is 50.5. The van der Waals surface area contributed by atoms with Crippen molar-refractivity contribution in [3.05, 3.63) is 27.8 Å². The molecule has 2 aromatic heterocycles. The Bertz CT molecular complexity index is 699. The summed E-state index contributed by atoms with van der Waals surface area (Å²) in [6.07, 6.45) is -5.83. The van der Waals surface area contributed by atoms with Gasteiger partial charge in [-0.05, 0) is 6.92 Å². The average molecular weight is 364 g/mol. The van der Waals surface area contributed by atoms with Crippen molar-refractivity contribution in [2.45, 2.75) is 31.2 Å². The lowest BCUT2D eigenvalue weighted by Crippen LogP contribution is -2.44. The van der Waals surface area contributed by atoms with Gasteiger partial charge in [-0.25, -0.2) is 4.98 Å². The summed E-state index contributed by atoms with van der Waals surface area (Å²) in [5.74, 6) is -0.116. The van der Waals surface area contributed by atoms with E-state index in [4.69, 9.17) is 9.26 Å². The van der Waals surface area contributed by atoms with Gasteiger partial charge >= 0.3 is 6.18 Å². The van der Waals surface area contributed by atoms with Crippen LogP contribution in [0.4, 0.5) is 13.2 Å². The maximum absolute atomic E-state index is 13.4. The van der Waals surface area contributed by atoms with E-state index in [1.165, 1.54) is 5.38 Å². The van der Waals surface area contributed by atoms with Gasteiger partial charge in [-0.3, -0.25) is 0 Å². The molecule has 0 bridgehead atoms. The molecule has 0 spiro atoms. The van der Waals surface area contributed by atoms with Gasteiger partial charge in [0.25, 0.3) is 0 Å². The fraction of sp³-hybridized carbons (Fsp3) is 0.615. The fourth-order valence-electron chi connectivity index (χ4n) is 2.27. The second-order valence-electron chi connectivity index (χ2n) is 5.46. The zero-order valence-electron chi connectivity index (χ0n) is 12.6. The molecule has 0 saturated carbocycles. The molecule has 1 fully saturated rings. The van der Waals surface area contributed by atoms with E-state index in [1.54, 1.807) is 6.92 Å². The Kier molecular flexibility index (Phi) is 4.60. The van der Waals surface area contributed by atoms with Crippen LogP contribution < -0.4 is 5.32 Å². The molecule has 11 heteroatoms. The summed E-state index contributed by atoms with van der Waals surface area (Å²) in [5, 5.41) is 18.0. The maximum Gasteiger partial charge on any atom is 0.424 e. The quantitative estimate of drug-likeness (QED) is 0.849. The van der Waals surface area contributed by atoms with Gasteiger partial charge in [0, 0.05) is 17.6 Å². The number of thiazole rings is 1. The van der Waals surface area contributed by atoms with Crippen molar-refractivity contribution in [2.24, 2.45) is 0 Å². The highest BCUT2D eigenvalue weighted by Crippen LogP contribution is 2.42. The predicted molar refractivity (Wildman–Crippen MR) is 76.4 cm³/mol. The standard InChI is InChI=1S/C13H15F3N4O3S/c1-7-6-24-11(18-7)12(21,13(14,15)16)4-9-19-10(20-23-9)8-5-22-3-2-17-8/h6,8,17,21H,2-5H2,1H3. The van der Waals surface area contributed by atoms with E-state index in [1.807, 2.05) is 0 Å². The van der Waals surface area contributed by atoms with Crippen LogP contribution in [0.2, 0.25) is 0 Å². The van der Waals surface area contributed by atoms with E-state index >= 15 is 0 Å². The molecule has 3 rings (SSSR count). The lowest BCUT2D eigenvalue weighted by atomic mass is 10.00. The molecule has 0 aliphatic carbocycles. The second-order valence-corrected chi connectivity index (χ2v) is 6.31. The number of rotatable bonds is 4. The number of aryl methyl sites for hydroxylation is 1. The molecule has 2 N–H and O–H groups in total. The van der Waals surface area contributed by atoms with Crippen molar-refractivity contribution in [3.8, 4) is 0 Å². The summed E-state index contributed by atoms with van der Waals surface area (Å²) in [5.41, 5.74) is -2.78. The van der Waals surface area contributed by atoms with E-state index in [0.29, 0.717) is 25.5 Å². The van der Waals surface area contributed by atoms with Crippen LogP contribution in [-0.2, 0) is 16.8 Å².